The lowest BCUT2D eigenvalue weighted by Gasteiger charge is -2.26. The van der Waals surface area contributed by atoms with E-state index < -0.39 is 46.3 Å². The van der Waals surface area contributed by atoms with Crippen LogP contribution in [0.2, 0.25) is 0 Å². The maximum absolute atomic E-state index is 13.7. The van der Waals surface area contributed by atoms with Crippen molar-refractivity contribution in [1.29, 1.82) is 0 Å². The number of amides is 6. The third-order valence-electron chi connectivity index (χ3n) is 12.4. The number of carbonyl (C=O) groups excluding carboxylic acids is 4. The van der Waals surface area contributed by atoms with Crippen molar-refractivity contribution in [3.8, 4) is 23.0 Å². The van der Waals surface area contributed by atoms with Crippen LogP contribution >= 0.6 is 0 Å². The molecule has 6 N–H and O–H groups in total. The maximum atomic E-state index is 13.7. The van der Waals surface area contributed by atoms with E-state index in [4.69, 9.17) is 9.47 Å². The summed E-state index contributed by atoms with van der Waals surface area (Å²) in [6.07, 6.45) is 1.81. The maximum Gasteiger partial charge on any atom is 0.326 e. The third-order valence-corrected chi connectivity index (χ3v) is 12.4. The molecular formula is C58H62F2N4O8. The molecule has 0 saturated carbocycles. The van der Waals surface area contributed by atoms with Crippen molar-refractivity contribution < 1.29 is 47.6 Å². The highest BCUT2D eigenvalue weighted by molar-refractivity contribution is 6.08. The van der Waals surface area contributed by atoms with E-state index in [0.717, 1.165) is 35.4 Å². The van der Waals surface area contributed by atoms with Crippen molar-refractivity contribution in [2.75, 3.05) is 23.8 Å². The van der Waals surface area contributed by atoms with E-state index in [1.165, 1.54) is 24.3 Å². The van der Waals surface area contributed by atoms with Crippen LogP contribution in [-0.2, 0) is 36.5 Å². The highest BCUT2D eigenvalue weighted by atomic mass is 19.1. The average molecular weight is 981 g/mol. The Kier molecular flexibility index (Phi) is 15.7. The molecule has 0 heterocycles. The Morgan fingerprint density at radius 1 is 0.486 bits per heavy atom. The molecule has 0 radical (unpaired) electrons. The Morgan fingerprint density at radius 2 is 0.778 bits per heavy atom. The SMILES string of the molecule is CCCOc1c2cc(C(C)(C)C)cc1Cc1cc(NC(=O)NC(=O)c3ccc(F)cc3)cc(c1O)Cc1cc(C(C)(C)C)cc(c1OCCC)Cc1cc(NC(=O)NC(=O)c3ccc(F)cc3)cc(c1O)C2. The minimum absolute atomic E-state index is 0.0153. The molecule has 6 aromatic rings. The van der Waals surface area contributed by atoms with Gasteiger partial charge in [-0.2, -0.15) is 0 Å². The number of urea groups is 2. The molecule has 72 heavy (non-hydrogen) atoms. The monoisotopic (exact) mass is 980 g/mol. The number of anilines is 2. The number of halogens is 2. The molecule has 1 aliphatic rings. The lowest BCUT2D eigenvalue weighted by Crippen LogP contribution is -2.34. The van der Waals surface area contributed by atoms with Gasteiger partial charge in [-0.05, 0) is 130 Å². The summed E-state index contributed by atoms with van der Waals surface area (Å²) in [4.78, 5) is 53.3. The van der Waals surface area contributed by atoms with Gasteiger partial charge in [0.1, 0.15) is 34.6 Å². The van der Waals surface area contributed by atoms with Crippen LogP contribution in [0.15, 0.2) is 97.1 Å². The highest BCUT2D eigenvalue weighted by Crippen LogP contribution is 2.43. The molecule has 12 nitrogen and oxygen atoms in total. The Bertz CT molecular complexity index is 2730. The number of hydrogen-bond donors (Lipinski definition) is 6. The van der Waals surface area contributed by atoms with E-state index in [1.54, 1.807) is 24.3 Å². The van der Waals surface area contributed by atoms with E-state index in [-0.39, 0.29) is 59.7 Å². The van der Waals surface area contributed by atoms with Crippen LogP contribution in [0.25, 0.3) is 0 Å². The lowest BCUT2D eigenvalue weighted by molar-refractivity contribution is 0.0957. The van der Waals surface area contributed by atoms with Crippen molar-refractivity contribution in [3.63, 3.8) is 0 Å². The summed E-state index contributed by atoms with van der Waals surface area (Å²) in [6, 6.07) is 22.7. The van der Waals surface area contributed by atoms with Crippen molar-refractivity contribution in [2.45, 2.75) is 105 Å². The van der Waals surface area contributed by atoms with Crippen LogP contribution in [0.3, 0.4) is 0 Å². The first-order valence-corrected chi connectivity index (χ1v) is 24.1. The topological polar surface area (TPSA) is 175 Å². The molecule has 8 bridgehead atoms. The van der Waals surface area contributed by atoms with Gasteiger partial charge in [-0.25, -0.2) is 18.4 Å². The molecule has 0 aliphatic heterocycles. The van der Waals surface area contributed by atoms with Gasteiger partial charge in [0, 0.05) is 70.4 Å². The second-order valence-electron chi connectivity index (χ2n) is 20.3. The number of phenolic OH excluding ortho intramolecular Hbond substituents is 2. The summed E-state index contributed by atoms with van der Waals surface area (Å²) in [5, 5.41) is 35.2. The summed E-state index contributed by atoms with van der Waals surface area (Å²) in [5.74, 6) is -1.51. The van der Waals surface area contributed by atoms with Crippen LogP contribution in [0, 0.1) is 11.6 Å². The number of fused-ring (bicyclic) bond motifs is 8. The Morgan fingerprint density at radius 3 is 1.04 bits per heavy atom. The van der Waals surface area contributed by atoms with Crippen molar-refractivity contribution in [3.05, 3.63) is 175 Å². The van der Waals surface area contributed by atoms with Crippen molar-refractivity contribution in [1.82, 2.24) is 10.6 Å². The highest BCUT2D eigenvalue weighted by Gasteiger charge is 2.27. The zero-order valence-electron chi connectivity index (χ0n) is 42.0. The van der Waals surface area contributed by atoms with Crippen LogP contribution in [0.1, 0.15) is 145 Å². The standard InChI is InChI=1S/C58H62F2N4O8/c1-9-19-71-51-39-21-35-29-47(61-55(69)63-53(67)33-11-15-45(59)16-12-33)31-37(49(35)65)23-41-27-44(58(6,7)8)28-42(52(41)72-20-10-2)24-38-32-48(62-56(70)64-54(68)34-13-17-46(60)18-14-34)30-36(50(38)66)22-40(51)26-43(25-39)57(3,4)5/h11-18,25-32,65-66H,9-10,19-24H2,1-8H3,(H2,61,63,67,69)(H2,62,64,68,70). The molecule has 7 rings (SSSR count). The number of nitrogens with one attached hydrogen (secondary N) is 4. The first-order valence-electron chi connectivity index (χ1n) is 24.1. The number of ether oxygens (including phenoxy) is 2. The van der Waals surface area contributed by atoms with Gasteiger partial charge in [0.05, 0.1) is 13.2 Å². The molecule has 1 aliphatic carbocycles. The number of benzene rings is 6. The quantitative estimate of drug-likeness (QED) is 0.0734. The first-order chi connectivity index (χ1) is 34.1. The van der Waals surface area contributed by atoms with Gasteiger partial charge in [-0.15, -0.1) is 0 Å². The van der Waals surface area contributed by atoms with E-state index in [9.17, 15) is 38.2 Å². The number of phenols is 2. The fourth-order valence-electron chi connectivity index (χ4n) is 8.58. The minimum atomic E-state index is -0.839. The van der Waals surface area contributed by atoms with E-state index in [1.807, 2.05) is 38.1 Å². The Balaban J connectivity index is 1.43. The molecule has 0 fully saturated rings. The largest absolute Gasteiger partial charge is 0.507 e. The fourth-order valence-corrected chi connectivity index (χ4v) is 8.58. The fraction of sp³-hybridized carbons (Fsp3) is 0.310. The summed E-state index contributed by atoms with van der Waals surface area (Å²) >= 11 is 0. The zero-order chi connectivity index (χ0) is 52.1. The molecule has 6 aromatic carbocycles. The molecular weight excluding hydrogens is 919 g/mol. The Hall–Kier alpha value is -7.74. The summed E-state index contributed by atoms with van der Waals surface area (Å²) in [6.45, 7) is 17.1. The average Bonchev–Trinajstić information content (AvgIpc) is 3.30. The van der Waals surface area contributed by atoms with Crippen molar-refractivity contribution >= 4 is 35.3 Å². The van der Waals surface area contributed by atoms with E-state index in [2.05, 4.69) is 62.8 Å². The van der Waals surface area contributed by atoms with Gasteiger partial charge >= 0.3 is 12.1 Å². The van der Waals surface area contributed by atoms with Crippen molar-refractivity contribution in [2.24, 2.45) is 0 Å². The van der Waals surface area contributed by atoms with Gasteiger partial charge in [-0.1, -0.05) is 79.7 Å². The third kappa shape index (κ3) is 12.6. The summed E-state index contributed by atoms with van der Waals surface area (Å²) < 4.78 is 40.5. The predicted molar refractivity (Wildman–Crippen MR) is 275 cm³/mol. The summed E-state index contributed by atoms with van der Waals surface area (Å²) in [7, 11) is 0. The van der Waals surface area contributed by atoms with Crippen LogP contribution in [0.4, 0.5) is 29.7 Å². The molecule has 0 atom stereocenters. The number of hydrogen-bond acceptors (Lipinski definition) is 8. The predicted octanol–water partition coefficient (Wildman–Crippen LogP) is 12.1. The van der Waals surface area contributed by atoms with Crippen LogP contribution in [0.5, 0.6) is 23.0 Å². The number of carbonyl (C=O) groups is 4. The normalized spacial score (nSPS) is 12.4. The van der Waals surface area contributed by atoms with Gasteiger partial charge in [0.25, 0.3) is 11.8 Å². The lowest BCUT2D eigenvalue weighted by atomic mass is 9.81. The zero-order valence-corrected chi connectivity index (χ0v) is 42.0. The molecule has 0 saturated heterocycles. The number of aromatic hydroxyl groups is 2. The number of rotatable bonds is 10. The Labute approximate surface area is 419 Å². The molecule has 0 unspecified atom stereocenters. The molecule has 376 valence electrons. The van der Waals surface area contributed by atoms with Gasteiger partial charge in [-0.3, -0.25) is 20.2 Å². The van der Waals surface area contributed by atoms with Crippen LogP contribution < -0.4 is 30.7 Å². The smallest absolute Gasteiger partial charge is 0.326 e. The van der Waals surface area contributed by atoms with E-state index >= 15 is 0 Å². The van der Waals surface area contributed by atoms with Crippen LogP contribution in [-0.4, -0.2) is 47.3 Å². The first kappa shape index (κ1) is 52.1. The summed E-state index contributed by atoms with van der Waals surface area (Å²) in [5.41, 5.74) is 6.44. The molecule has 6 amide bonds. The van der Waals surface area contributed by atoms with Gasteiger partial charge in [0.2, 0.25) is 0 Å². The van der Waals surface area contributed by atoms with E-state index in [0.29, 0.717) is 82.1 Å². The molecule has 0 spiro atoms. The van der Waals surface area contributed by atoms with Gasteiger partial charge < -0.3 is 30.3 Å². The number of imide groups is 2. The molecule has 14 heteroatoms. The van der Waals surface area contributed by atoms with Gasteiger partial charge in [0.15, 0.2) is 0 Å². The second kappa shape index (κ2) is 21.7. The minimum Gasteiger partial charge on any atom is -0.507 e. The molecule has 0 aromatic heterocycles. The second-order valence-corrected chi connectivity index (χ2v) is 20.3.